The molecule has 0 spiro atoms. The maximum Gasteiger partial charge on any atom is 1.00 e. The molecule has 2 rings (SSSR count). The fourth-order valence-electron chi connectivity index (χ4n) is 1.47. The van der Waals surface area contributed by atoms with Crippen LogP contribution >= 0.6 is 0 Å². The molecule has 114 valence electrons. The SMILES string of the molecule is CC1=C[C-](C)Oc2ccccc21.CCC(C)C.COC.[K+]. The second-order valence-electron chi connectivity index (χ2n) is 5.25. The van der Waals surface area contributed by atoms with E-state index in [0.717, 1.165) is 17.8 Å². The number of hydrogen-bond donors (Lipinski definition) is 0. The van der Waals surface area contributed by atoms with E-state index in [2.05, 4.69) is 44.6 Å². The molecule has 0 aromatic heterocycles. The second-order valence-corrected chi connectivity index (χ2v) is 5.25. The Bertz CT molecular complexity index is 400. The second kappa shape index (κ2) is 13.9. The molecular weight excluding hydrogens is 287 g/mol. The summed E-state index contributed by atoms with van der Waals surface area (Å²) >= 11 is 0. The van der Waals surface area contributed by atoms with Crippen LogP contribution in [0.3, 0.4) is 0 Å². The van der Waals surface area contributed by atoms with Crippen molar-refractivity contribution in [2.24, 2.45) is 5.92 Å². The molecule has 1 aliphatic rings. The van der Waals surface area contributed by atoms with Crippen molar-refractivity contribution >= 4 is 5.57 Å². The third-order valence-corrected chi connectivity index (χ3v) is 2.82. The molecular formula is C18H29KO2. The summed E-state index contributed by atoms with van der Waals surface area (Å²) in [4.78, 5) is 0. The van der Waals surface area contributed by atoms with Crippen LogP contribution in [-0.2, 0) is 4.74 Å². The van der Waals surface area contributed by atoms with Crippen molar-refractivity contribution in [1.82, 2.24) is 0 Å². The summed E-state index contributed by atoms with van der Waals surface area (Å²) < 4.78 is 9.79. The molecule has 0 amide bonds. The summed E-state index contributed by atoms with van der Waals surface area (Å²) in [5.41, 5.74) is 2.47. The smallest absolute Gasteiger partial charge is 0.551 e. The van der Waals surface area contributed by atoms with Gasteiger partial charge in [0, 0.05) is 14.2 Å². The molecule has 2 nitrogen and oxygen atoms in total. The molecule has 21 heavy (non-hydrogen) atoms. The van der Waals surface area contributed by atoms with Gasteiger partial charge in [-0.3, -0.25) is 0 Å². The Kier molecular flexibility index (Phi) is 15.5. The van der Waals surface area contributed by atoms with Crippen molar-refractivity contribution < 1.29 is 60.9 Å². The van der Waals surface area contributed by atoms with Crippen LogP contribution in [0.1, 0.15) is 46.6 Å². The van der Waals surface area contributed by atoms with E-state index in [1.165, 1.54) is 17.6 Å². The van der Waals surface area contributed by atoms with Gasteiger partial charge in [-0.15, -0.1) is 6.92 Å². The average Bonchev–Trinajstić information content (AvgIpc) is 2.40. The van der Waals surface area contributed by atoms with E-state index in [4.69, 9.17) is 4.74 Å². The van der Waals surface area contributed by atoms with Crippen LogP contribution in [0.5, 0.6) is 5.75 Å². The van der Waals surface area contributed by atoms with E-state index in [1.54, 1.807) is 14.2 Å². The van der Waals surface area contributed by atoms with Gasteiger partial charge in [0.25, 0.3) is 0 Å². The van der Waals surface area contributed by atoms with Crippen LogP contribution in [0, 0.1) is 12.0 Å². The van der Waals surface area contributed by atoms with E-state index in [-0.39, 0.29) is 51.4 Å². The van der Waals surface area contributed by atoms with Gasteiger partial charge in [-0.05, 0) is 18.1 Å². The molecule has 3 heteroatoms. The van der Waals surface area contributed by atoms with Crippen LogP contribution in [0.15, 0.2) is 30.3 Å². The zero-order valence-electron chi connectivity index (χ0n) is 15.0. The summed E-state index contributed by atoms with van der Waals surface area (Å²) in [5.74, 6) is 1.85. The molecule has 1 aromatic rings. The Labute approximate surface area is 173 Å². The normalized spacial score (nSPS) is 11.6. The summed E-state index contributed by atoms with van der Waals surface area (Å²) in [7, 11) is 3.25. The zero-order chi connectivity index (χ0) is 15.5. The molecule has 0 saturated carbocycles. The minimum Gasteiger partial charge on any atom is -0.551 e. The van der Waals surface area contributed by atoms with Crippen molar-refractivity contribution in [2.75, 3.05) is 14.2 Å². The van der Waals surface area contributed by atoms with Gasteiger partial charge in [-0.2, -0.15) is 11.6 Å². The van der Waals surface area contributed by atoms with Crippen molar-refractivity contribution in [2.45, 2.75) is 41.0 Å². The monoisotopic (exact) mass is 316 g/mol. The van der Waals surface area contributed by atoms with Gasteiger partial charge in [0.1, 0.15) is 0 Å². The molecule has 0 atom stereocenters. The Hall–Kier alpha value is 0.226. The largest absolute Gasteiger partial charge is 1.00 e. The summed E-state index contributed by atoms with van der Waals surface area (Å²) in [6.45, 7) is 10.7. The van der Waals surface area contributed by atoms with Gasteiger partial charge in [-0.25, -0.2) is 0 Å². The summed E-state index contributed by atoms with van der Waals surface area (Å²) in [5, 5.41) is 0. The number of ether oxygens (including phenoxy) is 2. The third-order valence-electron chi connectivity index (χ3n) is 2.82. The average molecular weight is 317 g/mol. The van der Waals surface area contributed by atoms with Crippen LogP contribution in [0.4, 0.5) is 0 Å². The van der Waals surface area contributed by atoms with E-state index in [9.17, 15) is 0 Å². The molecule has 1 aliphatic heterocycles. The van der Waals surface area contributed by atoms with E-state index >= 15 is 0 Å². The van der Waals surface area contributed by atoms with Crippen molar-refractivity contribution in [1.29, 1.82) is 0 Å². The Balaban J connectivity index is 0. The molecule has 0 bridgehead atoms. The predicted molar refractivity (Wildman–Crippen MR) is 87.7 cm³/mol. The van der Waals surface area contributed by atoms with Crippen molar-refractivity contribution in [3.63, 3.8) is 0 Å². The van der Waals surface area contributed by atoms with Crippen molar-refractivity contribution in [3.8, 4) is 5.75 Å². The first-order valence-corrected chi connectivity index (χ1v) is 7.15. The molecule has 0 unspecified atom stereocenters. The van der Waals surface area contributed by atoms with Crippen LogP contribution < -0.4 is 56.1 Å². The molecule has 0 aliphatic carbocycles. The van der Waals surface area contributed by atoms with Gasteiger partial charge < -0.3 is 9.47 Å². The van der Waals surface area contributed by atoms with E-state index in [0.29, 0.717) is 0 Å². The first kappa shape index (κ1) is 23.5. The summed E-state index contributed by atoms with van der Waals surface area (Å²) in [6.07, 6.45) is 4.33. The number of methoxy groups -OCH3 is 1. The van der Waals surface area contributed by atoms with Gasteiger partial charge >= 0.3 is 51.4 Å². The van der Waals surface area contributed by atoms with Crippen LogP contribution in [0.2, 0.25) is 0 Å². The van der Waals surface area contributed by atoms with E-state index in [1.807, 2.05) is 25.1 Å². The minimum absolute atomic E-state index is 0. The molecule has 0 fully saturated rings. The van der Waals surface area contributed by atoms with Crippen molar-refractivity contribution in [3.05, 3.63) is 42.0 Å². The van der Waals surface area contributed by atoms with Crippen LogP contribution in [0.25, 0.3) is 5.57 Å². The molecule has 1 aromatic carbocycles. The zero-order valence-corrected chi connectivity index (χ0v) is 18.1. The topological polar surface area (TPSA) is 18.5 Å². The predicted octanol–water partition coefficient (Wildman–Crippen LogP) is 2.35. The molecule has 0 radical (unpaired) electrons. The van der Waals surface area contributed by atoms with Gasteiger partial charge in [0.05, 0.1) is 5.75 Å². The first-order valence-electron chi connectivity index (χ1n) is 7.15. The maximum atomic E-state index is 5.54. The number of fused-ring (bicyclic) bond motifs is 1. The number of para-hydroxylation sites is 1. The number of rotatable bonds is 1. The number of allylic oxidation sites excluding steroid dienone is 1. The fourth-order valence-corrected chi connectivity index (χ4v) is 1.47. The summed E-state index contributed by atoms with van der Waals surface area (Å²) in [6, 6.07) is 8.09. The number of benzene rings is 1. The van der Waals surface area contributed by atoms with Gasteiger partial charge in [0.15, 0.2) is 0 Å². The number of hydrogen-bond acceptors (Lipinski definition) is 2. The van der Waals surface area contributed by atoms with Crippen LogP contribution in [-0.4, -0.2) is 14.2 Å². The fraction of sp³-hybridized carbons (Fsp3) is 0.500. The van der Waals surface area contributed by atoms with Gasteiger partial charge in [0.2, 0.25) is 0 Å². The maximum absolute atomic E-state index is 5.54. The molecule has 0 saturated heterocycles. The quantitative estimate of drug-likeness (QED) is 0.585. The Morgan fingerprint density at radius 2 is 1.67 bits per heavy atom. The Morgan fingerprint density at radius 3 is 2.14 bits per heavy atom. The van der Waals surface area contributed by atoms with Gasteiger partial charge in [-0.1, -0.05) is 57.9 Å². The molecule has 0 N–H and O–H groups in total. The first-order chi connectivity index (χ1) is 9.46. The standard InChI is InChI=1S/C11H11O.C5H12.C2H6O.K/c1-8-7-9(2)12-11-6-4-3-5-10(8)11;1-4-5(2)3;1-3-2;/h3-7H,1-2H3;5H,4H2,1-3H3;1-2H3;/q-1;;;+1. The van der Waals surface area contributed by atoms with E-state index < -0.39 is 0 Å². The Morgan fingerprint density at radius 1 is 1.19 bits per heavy atom. The third kappa shape index (κ3) is 10.6. The minimum atomic E-state index is 0. The molecule has 1 heterocycles.